The standard InChI is InChI=1S/C28H26F2N4O3/c1-17-2-4-18(5-3-17)25-16-26(35)32-23-14-19(27(36)33-10-8-31-9-11-33)6-7-24(23)34(25)28(37)20-12-21(29)15-22(30)13-20/h2-7,12-15,25,31H,8-11,16H2,1H3,(H,32,35). The summed E-state index contributed by atoms with van der Waals surface area (Å²) in [7, 11) is 0. The van der Waals surface area contributed by atoms with Gasteiger partial charge in [-0.05, 0) is 42.8 Å². The number of carbonyl (C=O) groups is 3. The van der Waals surface area contributed by atoms with E-state index in [-0.39, 0.29) is 29.5 Å². The van der Waals surface area contributed by atoms with Crippen LogP contribution in [0.25, 0.3) is 0 Å². The van der Waals surface area contributed by atoms with Crippen LogP contribution in [-0.2, 0) is 4.79 Å². The van der Waals surface area contributed by atoms with Gasteiger partial charge in [-0.25, -0.2) is 8.78 Å². The molecular formula is C28H26F2N4O3. The number of amides is 3. The maximum absolute atomic E-state index is 14.1. The molecule has 0 bridgehead atoms. The Morgan fingerprint density at radius 1 is 0.865 bits per heavy atom. The van der Waals surface area contributed by atoms with Crippen molar-refractivity contribution in [3.63, 3.8) is 0 Å². The second kappa shape index (κ2) is 10.1. The molecule has 1 fully saturated rings. The van der Waals surface area contributed by atoms with Crippen LogP contribution in [0.3, 0.4) is 0 Å². The summed E-state index contributed by atoms with van der Waals surface area (Å²) in [6.07, 6.45) is -0.0810. The maximum Gasteiger partial charge on any atom is 0.259 e. The molecule has 190 valence electrons. The summed E-state index contributed by atoms with van der Waals surface area (Å²) >= 11 is 0. The number of aryl methyl sites for hydroxylation is 1. The summed E-state index contributed by atoms with van der Waals surface area (Å²) in [6, 6.07) is 14.1. The number of nitrogens with one attached hydrogen (secondary N) is 2. The van der Waals surface area contributed by atoms with E-state index in [1.165, 1.54) is 4.90 Å². The van der Waals surface area contributed by atoms with Crippen molar-refractivity contribution in [1.82, 2.24) is 10.2 Å². The largest absolute Gasteiger partial charge is 0.336 e. The molecule has 0 aromatic heterocycles. The number of nitrogens with zero attached hydrogens (tertiary/aromatic N) is 2. The molecule has 1 atom stereocenters. The third-order valence-electron chi connectivity index (χ3n) is 6.66. The molecule has 2 heterocycles. The number of fused-ring (bicyclic) bond motifs is 1. The highest BCUT2D eigenvalue weighted by Crippen LogP contribution is 2.40. The number of benzene rings is 3. The molecule has 9 heteroatoms. The molecule has 0 radical (unpaired) electrons. The van der Waals surface area contributed by atoms with Gasteiger partial charge >= 0.3 is 0 Å². The van der Waals surface area contributed by atoms with Gasteiger partial charge in [-0.3, -0.25) is 19.3 Å². The van der Waals surface area contributed by atoms with Gasteiger partial charge in [-0.1, -0.05) is 29.8 Å². The lowest BCUT2D eigenvalue weighted by atomic mass is 9.98. The normalized spacial score (nSPS) is 17.6. The van der Waals surface area contributed by atoms with Crippen LogP contribution in [0.2, 0.25) is 0 Å². The van der Waals surface area contributed by atoms with E-state index >= 15 is 0 Å². The van der Waals surface area contributed by atoms with Crippen LogP contribution in [0.1, 0.15) is 44.3 Å². The van der Waals surface area contributed by atoms with Gasteiger partial charge in [0.1, 0.15) is 11.6 Å². The summed E-state index contributed by atoms with van der Waals surface area (Å²) < 4.78 is 28.1. The third kappa shape index (κ3) is 5.08. The van der Waals surface area contributed by atoms with Crippen molar-refractivity contribution in [2.24, 2.45) is 0 Å². The lowest BCUT2D eigenvalue weighted by Gasteiger charge is -2.31. The lowest BCUT2D eigenvalue weighted by molar-refractivity contribution is -0.116. The van der Waals surface area contributed by atoms with Crippen LogP contribution in [0.5, 0.6) is 0 Å². The molecule has 3 amide bonds. The Kier molecular flexibility index (Phi) is 6.71. The van der Waals surface area contributed by atoms with Gasteiger partial charge in [0.25, 0.3) is 11.8 Å². The van der Waals surface area contributed by atoms with Gasteiger partial charge in [-0.15, -0.1) is 0 Å². The smallest absolute Gasteiger partial charge is 0.259 e. The molecule has 3 aromatic rings. The van der Waals surface area contributed by atoms with Gasteiger partial charge in [0.05, 0.1) is 23.8 Å². The Morgan fingerprint density at radius 3 is 2.22 bits per heavy atom. The predicted octanol–water partition coefficient (Wildman–Crippen LogP) is 4.05. The first-order valence-electron chi connectivity index (χ1n) is 12.1. The van der Waals surface area contributed by atoms with E-state index < -0.39 is 23.6 Å². The van der Waals surface area contributed by atoms with Crippen LogP contribution in [0.4, 0.5) is 20.2 Å². The molecule has 0 aliphatic carbocycles. The molecule has 37 heavy (non-hydrogen) atoms. The Hall–Kier alpha value is -4.11. The molecule has 5 rings (SSSR count). The Bertz CT molecular complexity index is 1350. The Labute approximate surface area is 213 Å². The number of hydrogen-bond donors (Lipinski definition) is 2. The van der Waals surface area contributed by atoms with Crippen LogP contribution in [-0.4, -0.2) is 48.8 Å². The van der Waals surface area contributed by atoms with Crippen molar-refractivity contribution in [2.75, 3.05) is 36.4 Å². The highest BCUT2D eigenvalue weighted by molar-refractivity contribution is 6.12. The van der Waals surface area contributed by atoms with E-state index in [1.807, 2.05) is 31.2 Å². The highest BCUT2D eigenvalue weighted by atomic mass is 19.1. The van der Waals surface area contributed by atoms with Gasteiger partial charge < -0.3 is 15.5 Å². The Morgan fingerprint density at radius 2 is 1.54 bits per heavy atom. The predicted molar refractivity (Wildman–Crippen MR) is 136 cm³/mol. The molecule has 0 saturated carbocycles. The zero-order valence-corrected chi connectivity index (χ0v) is 20.3. The SMILES string of the molecule is Cc1ccc(C2CC(=O)Nc3cc(C(=O)N4CCNCC4)ccc3N2C(=O)c2cc(F)cc(F)c2)cc1. The van der Waals surface area contributed by atoms with Gasteiger partial charge in [0.2, 0.25) is 5.91 Å². The van der Waals surface area contributed by atoms with E-state index in [2.05, 4.69) is 10.6 Å². The first-order chi connectivity index (χ1) is 17.8. The van der Waals surface area contributed by atoms with Crippen LogP contribution in [0, 0.1) is 18.6 Å². The molecular weight excluding hydrogens is 478 g/mol. The minimum atomic E-state index is -0.878. The van der Waals surface area contributed by atoms with Crippen LogP contribution < -0.4 is 15.5 Å². The van der Waals surface area contributed by atoms with Gasteiger partial charge in [0, 0.05) is 43.4 Å². The quantitative estimate of drug-likeness (QED) is 0.564. The summed E-state index contributed by atoms with van der Waals surface area (Å²) in [5.74, 6) is -2.95. The summed E-state index contributed by atoms with van der Waals surface area (Å²) in [5.41, 5.74) is 2.51. The first-order valence-corrected chi connectivity index (χ1v) is 12.1. The van der Waals surface area contributed by atoms with E-state index in [4.69, 9.17) is 0 Å². The summed E-state index contributed by atoms with van der Waals surface area (Å²) in [5, 5.41) is 6.03. The zero-order valence-electron chi connectivity index (χ0n) is 20.3. The minimum Gasteiger partial charge on any atom is -0.336 e. The third-order valence-corrected chi connectivity index (χ3v) is 6.66. The van der Waals surface area contributed by atoms with Crippen LogP contribution >= 0.6 is 0 Å². The fourth-order valence-corrected chi connectivity index (χ4v) is 4.79. The number of halogens is 2. The van der Waals surface area contributed by atoms with Crippen LogP contribution in [0.15, 0.2) is 60.7 Å². The van der Waals surface area contributed by atoms with E-state index in [0.29, 0.717) is 49.1 Å². The molecule has 1 unspecified atom stereocenters. The number of anilines is 2. The first kappa shape index (κ1) is 24.6. The van der Waals surface area contributed by atoms with Crippen molar-refractivity contribution in [3.05, 3.63) is 94.6 Å². The molecule has 0 spiro atoms. The number of rotatable bonds is 3. The van der Waals surface area contributed by atoms with Gasteiger partial charge in [0.15, 0.2) is 0 Å². The second-order valence-corrected chi connectivity index (χ2v) is 9.29. The van der Waals surface area contributed by atoms with E-state index in [0.717, 1.165) is 17.7 Å². The fourth-order valence-electron chi connectivity index (χ4n) is 4.79. The monoisotopic (exact) mass is 504 g/mol. The molecule has 7 nitrogen and oxygen atoms in total. The van der Waals surface area contributed by atoms with E-state index in [1.54, 1.807) is 23.1 Å². The summed E-state index contributed by atoms with van der Waals surface area (Å²) in [4.78, 5) is 43.0. The number of carbonyl (C=O) groups excluding carboxylic acids is 3. The van der Waals surface area contributed by atoms with Crippen molar-refractivity contribution in [2.45, 2.75) is 19.4 Å². The van der Waals surface area contributed by atoms with Crippen molar-refractivity contribution < 1.29 is 23.2 Å². The Balaban J connectivity index is 1.62. The van der Waals surface area contributed by atoms with Crippen molar-refractivity contribution in [3.8, 4) is 0 Å². The molecule has 2 aliphatic rings. The zero-order chi connectivity index (χ0) is 26.1. The number of hydrogen-bond acceptors (Lipinski definition) is 4. The molecule has 2 aliphatic heterocycles. The molecule has 3 aromatic carbocycles. The van der Waals surface area contributed by atoms with Crippen molar-refractivity contribution in [1.29, 1.82) is 0 Å². The molecule has 2 N–H and O–H groups in total. The fraction of sp³-hybridized carbons (Fsp3) is 0.250. The average Bonchev–Trinajstić information content (AvgIpc) is 3.03. The maximum atomic E-state index is 14.1. The average molecular weight is 505 g/mol. The number of piperazine rings is 1. The van der Waals surface area contributed by atoms with Crippen molar-refractivity contribution >= 4 is 29.1 Å². The minimum absolute atomic E-state index is 0.0810. The topological polar surface area (TPSA) is 81.8 Å². The second-order valence-electron chi connectivity index (χ2n) is 9.29. The highest BCUT2D eigenvalue weighted by Gasteiger charge is 2.35. The summed E-state index contributed by atoms with van der Waals surface area (Å²) in [6.45, 7) is 4.44. The molecule has 1 saturated heterocycles. The van der Waals surface area contributed by atoms with Gasteiger partial charge in [-0.2, -0.15) is 0 Å². The lowest BCUT2D eigenvalue weighted by Crippen LogP contribution is -2.46. The van der Waals surface area contributed by atoms with E-state index in [9.17, 15) is 23.2 Å².